The van der Waals surface area contributed by atoms with Crippen molar-refractivity contribution >= 4 is 49.4 Å². The fraction of sp³-hybridized carbons (Fsp3) is 0.222. The molecule has 0 aromatic heterocycles. The second-order valence-electron chi connectivity index (χ2n) is 5.81. The Bertz CT molecular complexity index is 834. The summed E-state index contributed by atoms with van der Waals surface area (Å²) in [7, 11) is 0. The van der Waals surface area contributed by atoms with Gasteiger partial charge in [-0.15, -0.1) is 0 Å². The van der Waals surface area contributed by atoms with Crippen molar-refractivity contribution in [3.63, 3.8) is 0 Å². The first-order valence-corrected chi connectivity index (χ1v) is 9.27. The summed E-state index contributed by atoms with van der Waals surface area (Å²) in [6.45, 7) is 0.227. The Morgan fingerprint density at radius 2 is 1.88 bits per heavy atom. The van der Waals surface area contributed by atoms with Crippen molar-refractivity contribution in [3.8, 4) is 5.75 Å². The number of amides is 1. The molecule has 0 saturated heterocycles. The van der Waals surface area contributed by atoms with Gasteiger partial charge < -0.3 is 15.2 Å². The quantitative estimate of drug-likeness (QED) is 0.636. The van der Waals surface area contributed by atoms with E-state index in [1.54, 1.807) is 12.1 Å². The molecule has 0 bridgehead atoms. The number of aromatic carboxylic acids is 1. The molecule has 5 nitrogen and oxygen atoms in total. The number of nitrogens with one attached hydrogen (secondary N) is 1. The fourth-order valence-corrected chi connectivity index (χ4v) is 2.89. The van der Waals surface area contributed by atoms with E-state index in [0.29, 0.717) is 17.0 Å². The van der Waals surface area contributed by atoms with E-state index in [9.17, 15) is 14.7 Å². The lowest BCUT2D eigenvalue weighted by molar-refractivity contribution is -0.117. The molecule has 0 heterocycles. The second kappa shape index (κ2) is 7.58. The van der Waals surface area contributed by atoms with Crippen LogP contribution in [-0.4, -0.2) is 17.0 Å². The van der Waals surface area contributed by atoms with Crippen LogP contribution in [0.3, 0.4) is 0 Å². The van der Waals surface area contributed by atoms with Crippen molar-refractivity contribution in [3.05, 3.63) is 56.5 Å². The number of carbonyl (C=O) groups is 2. The molecule has 130 valence electrons. The Hall–Kier alpha value is -1.86. The van der Waals surface area contributed by atoms with E-state index in [-0.39, 0.29) is 24.0 Å². The molecule has 1 fully saturated rings. The second-order valence-corrected chi connectivity index (χ2v) is 7.52. The van der Waals surface area contributed by atoms with Gasteiger partial charge in [0.2, 0.25) is 5.91 Å². The minimum atomic E-state index is -1.08. The van der Waals surface area contributed by atoms with Crippen LogP contribution in [0.25, 0.3) is 0 Å². The molecule has 3 rings (SSSR count). The van der Waals surface area contributed by atoms with Crippen molar-refractivity contribution in [1.29, 1.82) is 0 Å². The Kier molecular flexibility index (Phi) is 5.44. The predicted molar refractivity (Wildman–Crippen MR) is 101 cm³/mol. The largest absolute Gasteiger partial charge is 0.489 e. The summed E-state index contributed by atoms with van der Waals surface area (Å²) in [5.41, 5.74) is 1.09. The van der Waals surface area contributed by atoms with E-state index in [2.05, 4.69) is 37.2 Å². The molecule has 1 aliphatic carbocycles. The zero-order valence-electron chi connectivity index (χ0n) is 13.1. The van der Waals surface area contributed by atoms with Gasteiger partial charge in [-0.25, -0.2) is 4.79 Å². The summed E-state index contributed by atoms with van der Waals surface area (Å²) >= 11 is 6.80. The maximum Gasteiger partial charge on any atom is 0.337 e. The molecule has 0 aliphatic heterocycles. The van der Waals surface area contributed by atoms with Gasteiger partial charge in [0.15, 0.2) is 0 Å². The zero-order valence-corrected chi connectivity index (χ0v) is 16.3. The van der Waals surface area contributed by atoms with Crippen LogP contribution in [0.1, 0.15) is 28.8 Å². The summed E-state index contributed by atoms with van der Waals surface area (Å²) in [6, 6.07) is 10.4. The Morgan fingerprint density at radius 1 is 1.12 bits per heavy atom. The standard InChI is InChI=1S/C18H15Br2NO4/c19-14-5-4-12(8-15(14)20)25-9-10-1-6-16(13(7-10)18(23)24)21-17(22)11-2-3-11/h1,4-8,11H,2-3,9H2,(H,21,22)(H,23,24). The third-order valence-corrected chi connectivity index (χ3v) is 5.70. The molecule has 0 unspecified atom stereocenters. The van der Waals surface area contributed by atoms with Crippen molar-refractivity contribution in [2.45, 2.75) is 19.4 Å². The minimum Gasteiger partial charge on any atom is -0.489 e. The number of carboxylic acid groups (broad SMARTS) is 1. The molecule has 1 aliphatic rings. The SMILES string of the molecule is O=C(O)c1cc(COc2ccc(Br)c(Br)c2)ccc1NC(=O)C1CC1. The maximum absolute atomic E-state index is 11.9. The lowest BCUT2D eigenvalue weighted by atomic mass is 10.1. The van der Waals surface area contributed by atoms with E-state index >= 15 is 0 Å². The fourth-order valence-electron chi connectivity index (χ4n) is 2.28. The molecular weight excluding hydrogens is 454 g/mol. The summed E-state index contributed by atoms with van der Waals surface area (Å²) in [5.74, 6) is -0.524. The van der Waals surface area contributed by atoms with Crippen molar-refractivity contribution < 1.29 is 19.4 Å². The van der Waals surface area contributed by atoms with Crippen LogP contribution < -0.4 is 10.1 Å². The molecule has 0 spiro atoms. The third-order valence-electron chi connectivity index (χ3n) is 3.82. The highest BCUT2D eigenvalue weighted by Crippen LogP contribution is 2.31. The van der Waals surface area contributed by atoms with Gasteiger partial charge in [-0.3, -0.25) is 4.79 Å². The normalized spacial score (nSPS) is 13.4. The van der Waals surface area contributed by atoms with Gasteiger partial charge in [-0.05, 0) is 80.6 Å². The van der Waals surface area contributed by atoms with Crippen molar-refractivity contribution in [2.24, 2.45) is 5.92 Å². The Morgan fingerprint density at radius 3 is 2.52 bits per heavy atom. The van der Waals surface area contributed by atoms with Crippen LogP contribution in [0.4, 0.5) is 5.69 Å². The third kappa shape index (κ3) is 4.61. The van der Waals surface area contributed by atoms with Gasteiger partial charge in [0, 0.05) is 14.9 Å². The van der Waals surface area contributed by atoms with Crippen LogP contribution >= 0.6 is 31.9 Å². The highest BCUT2D eigenvalue weighted by atomic mass is 79.9. The molecule has 2 N–H and O–H groups in total. The maximum atomic E-state index is 11.9. The van der Waals surface area contributed by atoms with Gasteiger partial charge in [-0.1, -0.05) is 6.07 Å². The van der Waals surface area contributed by atoms with Crippen LogP contribution in [0.2, 0.25) is 0 Å². The summed E-state index contributed by atoms with van der Waals surface area (Å²) < 4.78 is 7.49. The number of carboxylic acids is 1. The average Bonchev–Trinajstić information content (AvgIpc) is 3.41. The number of ether oxygens (including phenoxy) is 1. The summed E-state index contributed by atoms with van der Waals surface area (Å²) in [4.78, 5) is 23.4. The molecule has 0 radical (unpaired) electrons. The summed E-state index contributed by atoms with van der Waals surface area (Å²) in [6.07, 6.45) is 1.73. The first kappa shape index (κ1) is 17.9. The molecule has 1 saturated carbocycles. The monoisotopic (exact) mass is 467 g/mol. The number of hydrogen-bond acceptors (Lipinski definition) is 3. The van der Waals surface area contributed by atoms with Crippen LogP contribution in [0, 0.1) is 5.92 Å². The average molecular weight is 469 g/mol. The van der Waals surface area contributed by atoms with E-state index in [1.165, 1.54) is 6.07 Å². The lowest BCUT2D eigenvalue weighted by Crippen LogP contribution is -2.16. The first-order valence-electron chi connectivity index (χ1n) is 7.69. The predicted octanol–water partition coefficient (Wildman–Crippen LogP) is 4.84. The van der Waals surface area contributed by atoms with Gasteiger partial charge in [0.05, 0.1) is 11.3 Å². The van der Waals surface area contributed by atoms with Crippen molar-refractivity contribution in [1.82, 2.24) is 0 Å². The van der Waals surface area contributed by atoms with Gasteiger partial charge in [0.25, 0.3) is 0 Å². The lowest BCUT2D eigenvalue weighted by Gasteiger charge is -2.11. The van der Waals surface area contributed by atoms with Gasteiger partial charge >= 0.3 is 5.97 Å². The van der Waals surface area contributed by atoms with Crippen LogP contribution in [0.15, 0.2) is 45.3 Å². The molecule has 7 heteroatoms. The Balaban J connectivity index is 1.73. The molecule has 2 aromatic rings. The molecule has 25 heavy (non-hydrogen) atoms. The number of benzene rings is 2. The van der Waals surface area contributed by atoms with Crippen LogP contribution in [0.5, 0.6) is 5.75 Å². The van der Waals surface area contributed by atoms with E-state index in [1.807, 2.05) is 18.2 Å². The Labute approximate surface area is 161 Å². The van der Waals surface area contributed by atoms with E-state index < -0.39 is 5.97 Å². The number of halogens is 2. The molecule has 2 aromatic carbocycles. The van der Waals surface area contributed by atoms with Crippen molar-refractivity contribution in [2.75, 3.05) is 5.32 Å². The number of hydrogen-bond donors (Lipinski definition) is 2. The molecular formula is C18H15Br2NO4. The van der Waals surface area contributed by atoms with Gasteiger partial charge in [0.1, 0.15) is 12.4 Å². The minimum absolute atomic E-state index is 0.0144. The topological polar surface area (TPSA) is 75.6 Å². The number of carbonyl (C=O) groups excluding carboxylic acids is 1. The first-order chi connectivity index (χ1) is 11.9. The highest BCUT2D eigenvalue weighted by Gasteiger charge is 2.30. The van der Waals surface area contributed by atoms with E-state index in [4.69, 9.17) is 4.74 Å². The van der Waals surface area contributed by atoms with E-state index in [0.717, 1.165) is 21.8 Å². The highest BCUT2D eigenvalue weighted by molar-refractivity contribution is 9.13. The number of anilines is 1. The number of rotatable bonds is 6. The zero-order chi connectivity index (χ0) is 18.0. The smallest absolute Gasteiger partial charge is 0.337 e. The van der Waals surface area contributed by atoms with Gasteiger partial charge in [-0.2, -0.15) is 0 Å². The summed E-state index contributed by atoms with van der Waals surface area (Å²) in [5, 5.41) is 12.1. The molecule has 1 amide bonds. The molecule has 0 atom stereocenters. The van der Waals surface area contributed by atoms with Crippen LogP contribution in [-0.2, 0) is 11.4 Å².